The Morgan fingerprint density at radius 2 is 2.12 bits per heavy atom. The molecule has 1 heterocycles. The molecule has 0 radical (unpaired) electrons. The maximum absolute atomic E-state index is 12.1. The summed E-state index contributed by atoms with van der Waals surface area (Å²) >= 11 is 0. The predicted octanol–water partition coefficient (Wildman–Crippen LogP) is 3.21. The molecule has 0 aromatic carbocycles. The number of hydrogen-bond acceptors (Lipinski definition) is 4. The minimum atomic E-state index is -0.503. The Morgan fingerprint density at radius 3 is 2.85 bits per heavy atom. The van der Waals surface area contributed by atoms with Crippen LogP contribution in [0.3, 0.4) is 0 Å². The van der Waals surface area contributed by atoms with Gasteiger partial charge >= 0.3 is 5.97 Å². The number of ether oxygens (including phenoxy) is 1. The highest BCUT2D eigenvalue weighted by molar-refractivity contribution is 5.79. The van der Waals surface area contributed by atoms with Crippen molar-refractivity contribution in [1.82, 2.24) is 4.90 Å². The molecule has 1 saturated heterocycles. The molecule has 1 N–H and O–H groups in total. The average Bonchev–Trinajstić information content (AvgIpc) is 2.99. The largest absolute Gasteiger partial charge is 0.469 e. The standard InChI is InChI=1S/C21H33NO4/c1-3-4-5-8-11-19(23)15-13-18-14-16-20(24)22(18)17-10-7-6-9-12-21(25)26-2/h13,15,18-19,23H,3,6-12,14,16-17H2,1-2H3. The second-order valence-electron chi connectivity index (χ2n) is 6.63. The molecule has 0 saturated carbocycles. The number of methoxy groups -OCH3 is 1. The van der Waals surface area contributed by atoms with E-state index in [9.17, 15) is 14.7 Å². The lowest BCUT2D eigenvalue weighted by molar-refractivity contribution is -0.140. The molecular weight excluding hydrogens is 330 g/mol. The molecule has 0 spiro atoms. The van der Waals surface area contributed by atoms with E-state index in [2.05, 4.69) is 16.6 Å². The number of aliphatic hydroxyl groups excluding tert-OH is 1. The van der Waals surface area contributed by atoms with Gasteiger partial charge in [-0.15, -0.1) is 11.8 Å². The van der Waals surface area contributed by atoms with Crippen molar-refractivity contribution < 1.29 is 19.4 Å². The second-order valence-corrected chi connectivity index (χ2v) is 6.63. The molecule has 0 aromatic heterocycles. The Bertz CT molecular complexity index is 518. The van der Waals surface area contributed by atoms with Gasteiger partial charge in [-0.2, -0.15) is 0 Å². The zero-order valence-electron chi connectivity index (χ0n) is 16.2. The molecule has 2 atom stereocenters. The van der Waals surface area contributed by atoms with Crippen LogP contribution in [0.1, 0.15) is 71.1 Å². The zero-order valence-corrected chi connectivity index (χ0v) is 16.2. The Morgan fingerprint density at radius 1 is 1.35 bits per heavy atom. The Balaban J connectivity index is 2.29. The normalized spacial score (nSPS) is 18.0. The van der Waals surface area contributed by atoms with Gasteiger partial charge in [0.2, 0.25) is 5.91 Å². The predicted molar refractivity (Wildman–Crippen MR) is 102 cm³/mol. The van der Waals surface area contributed by atoms with Crippen LogP contribution < -0.4 is 0 Å². The van der Waals surface area contributed by atoms with E-state index >= 15 is 0 Å². The molecule has 26 heavy (non-hydrogen) atoms. The zero-order chi connectivity index (χ0) is 19.2. The summed E-state index contributed by atoms with van der Waals surface area (Å²) in [5.41, 5.74) is 0. The molecule has 0 aromatic rings. The third-order valence-electron chi connectivity index (χ3n) is 4.55. The SMILES string of the molecule is CCC#CCCC(O)C=CC1CCC(=O)N1CCCCCCC(=O)OC. The van der Waals surface area contributed by atoms with Gasteiger partial charge in [0, 0.05) is 32.2 Å². The molecule has 0 bridgehead atoms. The summed E-state index contributed by atoms with van der Waals surface area (Å²) in [6.07, 6.45) is 11.0. The van der Waals surface area contributed by atoms with Crippen molar-refractivity contribution in [3.05, 3.63) is 12.2 Å². The van der Waals surface area contributed by atoms with Crippen molar-refractivity contribution in [2.24, 2.45) is 0 Å². The van der Waals surface area contributed by atoms with Crippen LogP contribution in [0.15, 0.2) is 12.2 Å². The summed E-state index contributed by atoms with van der Waals surface area (Å²) in [7, 11) is 1.41. The van der Waals surface area contributed by atoms with Crippen molar-refractivity contribution in [2.45, 2.75) is 83.3 Å². The molecule has 5 heteroatoms. The fourth-order valence-electron chi connectivity index (χ4n) is 3.04. The van der Waals surface area contributed by atoms with E-state index in [0.717, 1.165) is 45.1 Å². The van der Waals surface area contributed by atoms with E-state index in [4.69, 9.17) is 0 Å². The fraction of sp³-hybridized carbons (Fsp3) is 0.714. The third-order valence-corrected chi connectivity index (χ3v) is 4.55. The number of rotatable bonds is 11. The summed E-state index contributed by atoms with van der Waals surface area (Å²) in [4.78, 5) is 25.0. The lowest BCUT2D eigenvalue weighted by Crippen LogP contribution is -2.32. The van der Waals surface area contributed by atoms with E-state index < -0.39 is 6.10 Å². The van der Waals surface area contributed by atoms with Gasteiger partial charge in [-0.1, -0.05) is 31.9 Å². The molecular formula is C21H33NO4. The van der Waals surface area contributed by atoms with Gasteiger partial charge in [-0.3, -0.25) is 9.59 Å². The number of unbranched alkanes of at least 4 members (excludes halogenated alkanes) is 3. The Labute approximate surface area is 157 Å². The van der Waals surface area contributed by atoms with Gasteiger partial charge < -0.3 is 14.7 Å². The van der Waals surface area contributed by atoms with Crippen LogP contribution in [0.2, 0.25) is 0 Å². The summed E-state index contributed by atoms with van der Waals surface area (Å²) in [6, 6.07) is 0.0916. The quantitative estimate of drug-likeness (QED) is 0.265. The molecule has 2 unspecified atom stereocenters. The highest BCUT2D eigenvalue weighted by atomic mass is 16.5. The van der Waals surface area contributed by atoms with Crippen molar-refractivity contribution >= 4 is 11.9 Å². The number of esters is 1. The van der Waals surface area contributed by atoms with Crippen LogP contribution in [0.4, 0.5) is 0 Å². The maximum Gasteiger partial charge on any atom is 0.305 e. The number of nitrogens with zero attached hydrogens (tertiary/aromatic N) is 1. The van der Waals surface area contributed by atoms with Crippen LogP contribution in [-0.4, -0.2) is 47.7 Å². The van der Waals surface area contributed by atoms with E-state index in [1.165, 1.54) is 7.11 Å². The highest BCUT2D eigenvalue weighted by Gasteiger charge is 2.28. The van der Waals surface area contributed by atoms with Crippen LogP contribution in [0, 0.1) is 11.8 Å². The average molecular weight is 363 g/mol. The molecule has 1 amide bonds. The minimum Gasteiger partial charge on any atom is -0.469 e. The highest BCUT2D eigenvalue weighted by Crippen LogP contribution is 2.21. The molecule has 1 aliphatic rings. The summed E-state index contributed by atoms with van der Waals surface area (Å²) < 4.78 is 4.62. The summed E-state index contributed by atoms with van der Waals surface area (Å²) in [5.74, 6) is 6.05. The lowest BCUT2D eigenvalue weighted by Gasteiger charge is -2.22. The Kier molecular flexibility index (Phi) is 11.5. The van der Waals surface area contributed by atoms with Crippen LogP contribution in [0.25, 0.3) is 0 Å². The fourth-order valence-corrected chi connectivity index (χ4v) is 3.04. The number of amides is 1. The first kappa shape index (κ1) is 22.2. The topological polar surface area (TPSA) is 66.8 Å². The minimum absolute atomic E-state index is 0.0916. The van der Waals surface area contributed by atoms with E-state index in [0.29, 0.717) is 25.7 Å². The number of likely N-dealkylation sites (tertiary alicyclic amines) is 1. The van der Waals surface area contributed by atoms with Gasteiger partial charge in [0.05, 0.1) is 19.3 Å². The van der Waals surface area contributed by atoms with E-state index in [1.807, 2.05) is 17.9 Å². The number of carbonyl (C=O) groups is 2. The smallest absolute Gasteiger partial charge is 0.305 e. The first-order chi connectivity index (χ1) is 12.6. The number of carbonyl (C=O) groups excluding carboxylic acids is 2. The van der Waals surface area contributed by atoms with Gasteiger partial charge in [0.25, 0.3) is 0 Å². The summed E-state index contributed by atoms with van der Waals surface area (Å²) in [6.45, 7) is 2.75. The van der Waals surface area contributed by atoms with Gasteiger partial charge in [-0.25, -0.2) is 0 Å². The van der Waals surface area contributed by atoms with E-state index in [-0.39, 0.29) is 17.9 Å². The van der Waals surface area contributed by atoms with Crippen LogP contribution >= 0.6 is 0 Å². The molecule has 5 nitrogen and oxygen atoms in total. The van der Waals surface area contributed by atoms with Gasteiger partial charge in [-0.05, 0) is 25.7 Å². The summed E-state index contributed by atoms with van der Waals surface area (Å²) in [5, 5.41) is 10.0. The van der Waals surface area contributed by atoms with Crippen molar-refractivity contribution in [1.29, 1.82) is 0 Å². The molecule has 1 aliphatic heterocycles. The molecule has 146 valence electrons. The second kappa shape index (κ2) is 13.4. The van der Waals surface area contributed by atoms with Crippen LogP contribution in [-0.2, 0) is 14.3 Å². The lowest BCUT2D eigenvalue weighted by atomic mass is 10.1. The first-order valence-electron chi connectivity index (χ1n) is 9.76. The third kappa shape index (κ3) is 9.05. The molecule has 1 fully saturated rings. The van der Waals surface area contributed by atoms with Crippen LogP contribution in [0.5, 0.6) is 0 Å². The van der Waals surface area contributed by atoms with Crippen molar-refractivity contribution in [2.75, 3.05) is 13.7 Å². The maximum atomic E-state index is 12.1. The van der Waals surface area contributed by atoms with Gasteiger partial charge in [0.15, 0.2) is 0 Å². The monoisotopic (exact) mass is 363 g/mol. The molecule has 0 aliphatic carbocycles. The van der Waals surface area contributed by atoms with Gasteiger partial charge in [0.1, 0.15) is 0 Å². The number of hydrogen-bond donors (Lipinski definition) is 1. The van der Waals surface area contributed by atoms with Crippen molar-refractivity contribution in [3.63, 3.8) is 0 Å². The Hall–Kier alpha value is -1.80. The first-order valence-corrected chi connectivity index (χ1v) is 9.76. The molecule has 1 rings (SSSR count). The van der Waals surface area contributed by atoms with Crippen molar-refractivity contribution in [3.8, 4) is 11.8 Å². The number of aliphatic hydroxyl groups is 1. The van der Waals surface area contributed by atoms with E-state index in [1.54, 1.807) is 6.08 Å².